The summed E-state index contributed by atoms with van der Waals surface area (Å²) < 4.78 is 41.7. The van der Waals surface area contributed by atoms with Crippen LogP contribution in [-0.4, -0.2) is 38.7 Å². The van der Waals surface area contributed by atoms with Crippen molar-refractivity contribution in [3.05, 3.63) is 66.2 Å². The zero-order valence-corrected chi connectivity index (χ0v) is 16.6. The second-order valence-corrected chi connectivity index (χ2v) is 7.31. The van der Waals surface area contributed by atoms with Gasteiger partial charge in [-0.2, -0.15) is 18.3 Å². The van der Waals surface area contributed by atoms with E-state index in [4.69, 9.17) is 0 Å². The Kier molecular flexibility index (Phi) is 5.88. The van der Waals surface area contributed by atoms with Crippen LogP contribution >= 0.6 is 0 Å². The summed E-state index contributed by atoms with van der Waals surface area (Å²) in [5, 5.41) is 7.07. The van der Waals surface area contributed by atoms with E-state index < -0.39 is 17.7 Å². The fraction of sp³-hybridized carbons (Fsp3) is 0.333. The Balaban J connectivity index is 1.44. The number of anilines is 1. The van der Waals surface area contributed by atoms with Crippen LogP contribution in [0, 0.1) is 5.92 Å². The van der Waals surface area contributed by atoms with E-state index >= 15 is 0 Å². The van der Waals surface area contributed by atoms with Crippen molar-refractivity contribution in [1.82, 2.24) is 25.1 Å². The number of carbonyl (C=O) groups is 1. The maximum Gasteiger partial charge on any atom is 0.419 e. The number of alkyl halides is 3. The van der Waals surface area contributed by atoms with Gasteiger partial charge in [-0.25, -0.2) is 14.6 Å². The summed E-state index contributed by atoms with van der Waals surface area (Å²) in [6.45, 7) is 0.858. The van der Waals surface area contributed by atoms with Crippen LogP contribution in [0.2, 0.25) is 0 Å². The van der Waals surface area contributed by atoms with Crippen molar-refractivity contribution in [1.29, 1.82) is 0 Å². The van der Waals surface area contributed by atoms with E-state index in [2.05, 4.69) is 20.4 Å². The molecule has 0 saturated carbocycles. The Morgan fingerprint density at radius 3 is 2.61 bits per heavy atom. The minimum absolute atomic E-state index is 0.124. The number of pyridine rings is 2. The lowest BCUT2D eigenvalue weighted by Crippen LogP contribution is -2.43. The van der Waals surface area contributed by atoms with Crippen LogP contribution in [0.4, 0.5) is 19.0 Å². The molecule has 3 aromatic rings. The Morgan fingerprint density at radius 2 is 1.87 bits per heavy atom. The summed E-state index contributed by atoms with van der Waals surface area (Å²) in [6, 6.07) is 7.69. The van der Waals surface area contributed by atoms with Crippen LogP contribution in [0.25, 0.3) is 5.82 Å². The van der Waals surface area contributed by atoms with Crippen molar-refractivity contribution in [3.63, 3.8) is 0 Å². The number of nitrogens with zero attached hydrogens (tertiary/aromatic N) is 5. The first-order valence-electron chi connectivity index (χ1n) is 9.92. The lowest BCUT2D eigenvalue weighted by atomic mass is 9.96. The number of nitrogens with one attached hydrogen (secondary N) is 1. The molecular formula is C21H21F3N6O. The number of piperidine rings is 1. The van der Waals surface area contributed by atoms with Gasteiger partial charge in [0.05, 0.1) is 11.5 Å². The third kappa shape index (κ3) is 4.68. The van der Waals surface area contributed by atoms with Crippen LogP contribution in [0.15, 0.2) is 55.1 Å². The van der Waals surface area contributed by atoms with Crippen LogP contribution in [0.3, 0.4) is 0 Å². The van der Waals surface area contributed by atoms with Gasteiger partial charge in [-0.15, -0.1) is 0 Å². The second kappa shape index (κ2) is 8.75. The van der Waals surface area contributed by atoms with E-state index in [1.165, 1.54) is 12.3 Å². The molecule has 0 bridgehead atoms. The van der Waals surface area contributed by atoms with Gasteiger partial charge >= 0.3 is 6.18 Å². The summed E-state index contributed by atoms with van der Waals surface area (Å²) in [5.74, 6) is -0.145. The van der Waals surface area contributed by atoms with Crippen molar-refractivity contribution >= 4 is 11.7 Å². The molecule has 10 heteroatoms. The molecule has 1 aliphatic rings. The maximum absolute atomic E-state index is 13.4. The Hall–Kier alpha value is -3.43. The van der Waals surface area contributed by atoms with Crippen LogP contribution in [0.5, 0.6) is 0 Å². The number of hydrogen-bond donors (Lipinski definition) is 1. The smallest absolute Gasteiger partial charge is 0.355 e. The Morgan fingerprint density at radius 1 is 1.10 bits per heavy atom. The van der Waals surface area contributed by atoms with E-state index in [0.29, 0.717) is 25.2 Å². The third-order valence-corrected chi connectivity index (χ3v) is 5.23. The lowest BCUT2D eigenvalue weighted by Gasteiger charge is -2.34. The minimum Gasteiger partial charge on any atom is -0.355 e. The number of carbonyl (C=O) groups excluding carboxylic acids is 1. The molecule has 0 aliphatic carbocycles. The maximum atomic E-state index is 13.4. The predicted octanol–water partition coefficient (Wildman–Crippen LogP) is 3.21. The first-order valence-corrected chi connectivity index (χ1v) is 9.92. The van der Waals surface area contributed by atoms with Crippen molar-refractivity contribution in [2.45, 2.75) is 25.6 Å². The van der Waals surface area contributed by atoms with E-state index in [1.54, 1.807) is 40.3 Å². The topological polar surface area (TPSA) is 75.9 Å². The molecule has 4 rings (SSSR count). The van der Waals surface area contributed by atoms with Crippen LogP contribution in [-0.2, 0) is 17.5 Å². The molecule has 3 aromatic heterocycles. The van der Waals surface area contributed by atoms with Crippen LogP contribution in [0.1, 0.15) is 24.0 Å². The number of halogens is 3. The third-order valence-electron chi connectivity index (χ3n) is 5.23. The zero-order chi connectivity index (χ0) is 21.8. The Bertz CT molecular complexity index is 1040. The van der Waals surface area contributed by atoms with E-state index in [-0.39, 0.29) is 24.8 Å². The highest BCUT2D eigenvalue weighted by molar-refractivity contribution is 5.79. The highest BCUT2D eigenvalue weighted by atomic mass is 19.4. The van der Waals surface area contributed by atoms with Gasteiger partial charge in [0, 0.05) is 50.0 Å². The predicted molar refractivity (Wildman–Crippen MR) is 107 cm³/mol. The summed E-state index contributed by atoms with van der Waals surface area (Å²) >= 11 is 0. The summed E-state index contributed by atoms with van der Waals surface area (Å²) in [5.41, 5.74) is 0.00609. The average Bonchev–Trinajstić information content (AvgIpc) is 3.32. The quantitative estimate of drug-likeness (QED) is 0.673. The van der Waals surface area contributed by atoms with Crippen molar-refractivity contribution in [3.8, 4) is 5.82 Å². The summed E-state index contributed by atoms with van der Waals surface area (Å²) in [6.07, 6.45) is 3.10. The highest BCUT2D eigenvalue weighted by Gasteiger charge is 2.37. The number of rotatable bonds is 5. The van der Waals surface area contributed by atoms with Gasteiger partial charge in [0.2, 0.25) is 5.91 Å². The molecule has 1 N–H and O–H groups in total. The van der Waals surface area contributed by atoms with E-state index in [9.17, 15) is 18.0 Å². The fourth-order valence-corrected chi connectivity index (χ4v) is 3.75. The molecule has 1 amide bonds. The molecule has 1 saturated heterocycles. The standard InChI is InChI=1S/C21H21F3N6O/c22-21(23,24)17-7-2-9-26-19(17)29-11-3-6-16(14-29)20(31)27-13-15-5-1-8-25-18(15)30-12-4-10-28-30/h1-2,4-5,7-10,12,16H,3,6,11,13-14H2,(H,27,31). The van der Waals surface area contributed by atoms with E-state index in [0.717, 1.165) is 11.6 Å². The van der Waals surface area contributed by atoms with Gasteiger partial charge in [-0.05, 0) is 37.1 Å². The molecule has 4 heterocycles. The van der Waals surface area contributed by atoms with E-state index in [1.807, 2.05) is 6.07 Å². The number of amides is 1. The number of aromatic nitrogens is 4. The van der Waals surface area contributed by atoms with Crippen LogP contribution < -0.4 is 10.2 Å². The molecular weight excluding hydrogens is 409 g/mol. The van der Waals surface area contributed by atoms with Gasteiger partial charge in [0.15, 0.2) is 5.82 Å². The molecule has 0 radical (unpaired) electrons. The van der Waals surface area contributed by atoms with Gasteiger partial charge in [0.1, 0.15) is 5.82 Å². The molecule has 1 atom stereocenters. The normalized spacial score (nSPS) is 16.9. The van der Waals surface area contributed by atoms with Gasteiger partial charge < -0.3 is 10.2 Å². The van der Waals surface area contributed by atoms with Crippen molar-refractivity contribution < 1.29 is 18.0 Å². The summed E-state index contributed by atoms with van der Waals surface area (Å²) in [7, 11) is 0. The molecule has 1 unspecified atom stereocenters. The van der Waals surface area contributed by atoms with Gasteiger partial charge in [0.25, 0.3) is 0 Å². The lowest BCUT2D eigenvalue weighted by molar-refractivity contribution is -0.137. The van der Waals surface area contributed by atoms with Crippen molar-refractivity contribution in [2.24, 2.45) is 5.92 Å². The highest BCUT2D eigenvalue weighted by Crippen LogP contribution is 2.36. The minimum atomic E-state index is -4.50. The van der Waals surface area contributed by atoms with Gasteiger partial charge in [-0.3, -0.25) is 4.79 Å². The first-order chi connectivity index (χ1) is 14.9. The van der Waals surface area contributed by atoms with Gasteiger partial charge in [-0.1, -0.05) is 6.07 Å². The molecule has 31 heavy (non-hydrogen) atoms. The molecule has 162 valence electrons. The second-order valence-electron chi connectivity index (χ2n) is 7.31. The molecule has 0 spiro atoms. The first kappa shape index (κ1) is 20.8. The fourth-order valence-electron chi connectivity index (χ4n) is 3.75. The molecule has 1 aliphatic heterocycles. The molecule has 0 aromatic carbocycles. The SMILES string of the molecule is O=C(NCc1cccnc1-n1cccn1)C1CCCN(c2ncccc2C(F)(F)F)C1. The number of hydrogen-bond acceptors (Lipinski definition) is 5. The zero-order valence-electron chi connectivity index (χ0n) is 16.6. The van der Waals surface area contributed by atoms with Crippen molar-refractivity contribution in [2.75, 3.05) is 18.0 Å². The Labute approximate surface area is 176 Å². The molecule has 7 nitrogen and oxygen atoms in total. The largest absolute Gasteiger partial charge is 0.419 e. The average molecular weight is 430 g/mol. The summed E-state index contributed by atoms with van der Waals surface area (Å²) in [4.78, 5) is 22.6. The molecule has 1 fully saturated rings. The monoisotopic (exact) mass is 430 g/mol.